The fraction of sp³-hybridized carbons (Fsp3) is 0.522. The monoisotopic (exact) mass is 410 g/mol. The molecule has 30 heavy (non-hydrogen) atoms. The first-order valence-electron chi connectivity index (χ1n) is 10.7. The highest BCUT2D eigenvalue weighted by Gasteiger charge is 2.43. The van der Waals surface area contributed by atoms with Crippen LogP contribution in [0.4, 0.5) is 5.95 Å². The van der Waals surface area contributed by atoms with E-state index < -0.39 is 5.60 Å². The van der Waals surface area contributed by atoms with E-state index in [1.165, 1.54) is 5.56 Å². The number of anilines is 1. The molecule has 1 amide bonds. The van der Waals surface area contributed by atoms with Gasteiger partial charge in [0.25, 0.3) is 0 Å². The quantitative estimate of drug-likeness (QED) is 0.755. The van der Waals surface area contributed by atoms with E-state index in [2.05, 4.69) is 4.98 Å². The number of benzene rings is 1. The summed E-state index contributed by atoms with van der Waals surface area (Å²) in [6.45, 7) is 4.63. The zero-order valence-electron chi connectivity index (χ0n) is 18.1. The summed E-state index contributed by atoms with van der Waals surface area (Å²) in [5.41, 5.74) is 2.77. The number of rotatable bonds is 5. The molecular weight excluding hydrogens is 380 g/mol. The van der Waals surface area contributed by atoms with Crippen molar-refractivity contribution in [1.29, 1.82) is 0 Å². The summed E-state index contributed by atoms with van der Waals surface area (Å²) in [5, 5.41) is 0. The van der Waals surface area contributed by atoms with Gasteiger partial charge < -0.3 is 19.3 Å². The predicted molar refractivity (Wildman–Crippen MR) is 115 cm³/mol. The molecule has 3 heterocycles. The van der Waals surface area contributed by atoms with Crippen LogP contribution in [0.2, 0.25) is 0 Å². The van der Waals surface area contributed by atoms with Crippen LogP contribution in [-0.2, 0) is 28.0 Å². The number of fused-ring (bicyclic) bond motifs is 2. The molecule has 0 aliphatic carbocycles. The summed E-state index contributed by atoms with van der Waals surface area (Å²) in [4.78, 5) is 26.0. The van der Waals surface area contributed by atoms with E-state index in [0.717, 1.165) is 36.3 Å². The number of carbonyl (C=O) groups is 1. The topological polar surface area (TPSA) is 67.8 Å². The van der Waals surface area contributed by atoms with Crippen molar-refractivity contribution in [2.45, 2.75) is 38.2 Å². The van der Waals surface area contributed by atoms with E-state index >= 15 is 0 Å². The Balaban J connectivity index is 1.43. The summed E-state index contributed by atoms with van der Waals surface area (Å²) in [7, 11) is 3.89. The molecule has 2 aromatic rings. The molecule has 1 spiro atoms. The highest BCUT2D eigenvalue weighted by molar-refractivity contribution is 5.79. The van der Waals surface area contributed by atoms with Crippen molar-refractivity contribution in [1.82, 2.24) is 14.9 Å². The molecule has 4 rings (SSSR count). The largest absolute Gasteiger partial charge is 0.494 e. The molecule has 0 radical (unpaired) electrons. The third kappa shape index (κ3) is 4.12. The summed E-state index contributed by atoms with van der Waals surface area (Å²) in [6.07, 6.45) is 4.71. The number of nitrogens with zero attached hydrogens (tertiary/aromatic N) is 4. The lowest BCUT2D eigenvalue weighted by Gasteiger charge is -2.44. The Hall–Kier alpha value is -2.67. The van der Waals surface area contributed by atoms with Gasteiger partial charge in [0.05, 0.1) is 25.3 Å². The average molecular weight is 411 g/mol. The van der Waals surface area contributed by atoms with E-state index in [4.69, 9.17) is 14.5 Å². The van der Waals surface area contributed by atoms with Crippen molar-refractivity contribution in [3.8, 4) is 5.75 Å². The Bertz CT molecular complexity index is 890. The molecule has 160 valence electrons. The Morgan fingerprint density at radius 1 is 1.23 bits per heavy atom. The SMILES string of the molecule is CCOc1ccc(CC(=O)N2CCC3(CC2)OCCc2cnc(N(C)C)nc23)cc1. The maximum absolute atomic E-state index is 12.9. The van der Waals surface area contributed by atoms with Gasteiger partial charge in [-0.15, -0.1) is 0 Å². The summed E-state index contributed by atoms with van der Waals surface area (Å²) < 4.78 is 11.8. The van der Waals surface area contributed by atoms with Crippen LogP contribution < -0.4 is 9.64 Å². The number of aromatic nitrogens is 2. The molecule has 1 aromatic heterocycles. The van der Waals surface area contributed by atoms with Gasteiger partial charge >= 0.3 is 0 Å². The van der Waals surface area contributed by atoms with Crippen LogP contribution in [0.1, 0.15) is 36.6 Å². The Morgan fingerprint density at radius 2 is 1.97 bits per heavy atom. The molecule has 2 aliphatic rings. The zero-order valence-corrected chi connectivity index (χ0v) is 18.1. The maximum atomic E-state index is 12.9. The van der Waals surface area contributed by atoms with Crippen LogP contribution in [0.5, 0.6) is 5.75 Å². The first kappa shape index (κ1) is 20.6. The van der Waals surface area contributed by atoms with E-state index in [0.29, 0.717) is 38.7 Å². The number of likely N-dealkylation sites (tertiary alicyclic amines) is 1. The van der Waals surface area contributed by atoms with Crippen LogP contribution in [0, 0.1) is 0 Å². The second-order valence-electron chi connectivity index (χ2n) is 8.17. The Labute approximate surface area is 178 Å². The molecule has 0 atom stereocenters. The summed E-state index contributed by atoms with van der Waals surface area (Å²) in [6, 6.07) is 7.78. The van der Waals surface area contributed by atoms with Crippen LogP contribution in [0.25, 0.3) is 0 Å². The Kier molecular flexibility index (Phi) is 5.90. The minimum atomic E-state index is -0.406. The van der Waals surface area contributed by atoms with Gasteiger partial charge in [0.2, 0.25) is 11.9 Å². The van der Waals surface area contributed by atoms with Crippen molar-refractivity contribution in [3.63, 3.8) is 0 Å². The molecular formula is C23H30N4O3. The van der Waals surface area contributed by atoms with E-state index in [-0.39, 0.29) is 5.91 Å². The van der Waals surface area contributed by atoms with Crippen LogP contribution >= 0.6 is 0 Å². The number of carbonyl (C=O) groups excluding carboxylic acids is 1. The Morgan fingerprint density at radius 3 is 2.63 bits per heavy atom. The van der Waals surface area contributed by atoms with Crippen LogP contribution in [-0.4, -0.2) is 61.2 Å². The standard InChI is InChI=1S/C23H30N4O3/c1-4-29-19-7-5-17(6-8-19)15-20(28)27-12-10-23(11-13-27)21-18(9-14-30-23)16-24-22(25-21)26(2)3/h5-8,16H,4,9-15H2,1-3H3. The van der Waals surface area contributed by atoms with Gasteiger partial charge in [-0.05, 0) is 49.4 Å². The van der Waals surface area contributed by atoms with Gasteiger partial charge in [0.1, 0.15) is 11.4 Å². The molecule has 1 saturated heterocycles. The summed E-state index contributed by atoms with van der Waals surface area (Å²) in [5.74, 6) is 1.69. The molecule has 0 N–H and O–H groups in total. The average Bonchev–Trinajstić information content (AvgIpc) is 2.76. The third-order valence-corrected chi connectivity index (χ3v) is 5.95. The fourth-order valence-corrected chi connectivity index (χ4v) is 4.27. The van der Waals surface area contributed by atoms with Crippen molar-refractivity contribution < 1.29 is 14.3 Å². The van der Waals surface area contributed by atoms with E-state index in [9.17, 15) is 4.79 Å². The van der Waals surface area contributed by atoms with Crippen molar-refractivity contribution in [2.75, 3.05) is 45.3 Å². The van der Waals surface area contributed by atoms with Crippen molar-refractivity contribution >= 4 is 11.9 Å². The van der Waals surface area contributed by atoms with Crippen LogP contribution in [0.3, 0.4) is 0 Å². The van der Waals surface area contributed by atoms with Gasteiger partial charge in [0, 0.05) is 33.4 Å². The maximum Gasteiger partial charge on any atom is 0.226 e. The van der Waals surface area contributed by atoms with Gasteiger partial charge in [-0.3, -0.25) is 4.79 Å². The first-order valence-corrected chi connectivity index (χ1v) is 10.7. The van der Waals surface area contributed by atoms with E-state index in [1.54, 1.807) is 0 Å². The number of piperidine rings is 1. The lowest BCUT2D eigenvalue weighted by molar-refractivity contribution is -0.140. The van der Waals surface area contributed by atoms with E-state index in [1.807, 2.05) is 61.3 Å². The molecule has 0 saturated carbocycles. The normalized spacial score (nSPS) is 17.5. The molecule has 0 unspecified atom stereocenters. The lowest BCUT2D eigenvalue weighted by atomic mass is 9.83. The number of hydrogen-bond acceptors (Lipinski definition) is 6. The second kappa shape index (κ2) is 8.60. The minimum Gasteiger partial charge on any atom is -0.494 e. The molecule has 0 bridgehead atoms. The predicted octanol–water partition coefficient (Wildman–Crippen LogP) is 2.57. The molecule has 7 heteroatoms. The highest BCUT2D eigenvalue weighted by atomic mass is 16.5. The second-order valence-corrected chi connectivity index (χ2v) is 8.17. The molecule has 1 fully saturated rings. The minimum absolute atomic E-state index is 0.154. The smallest absolute Gasteiger partial charge is 0.226 e. The molecule has 1 aromatic carbocycles. The van der Waals surface area contributed by atoms with Gasteiger partial charge in [-0.1, -0.05) is 12.1 Å². The zero-order chi connectivity index (χ0) is 21.1. The van der Waals surface area contributed by atoms with Gasteiger partial charge in [-0.2, -0.15) is 0 Å². The third-order valence-electron chi connectivity index (χ3n) is 5.95. The van der Waals surface area contributed by atoms with Crippen molar-refractivity contribution in [2.24, 2.45) is 0 Å². The fourth-order valence-electron chi connectivity index (χ4n) is 4.27. The molecule has 2 aliphatic heterocycles. The first-order chi connectivity index (χ1) is 14.5. The number of ether oxygens (including phenoxy) is 2. The van der Waals surface area contributed by atoms with Crippen molar-refractivity contribution in [3.05, 3.63) is 47.3 Å². The van der Waals surface area contributed by atoms with Gasteiger partial charge in [0.15, 0.2) is 0 Å². The number of hydrogen-bond donors (Lipinski definition) is 0. The number of amides is 1. The highest BCUT2D eigenvalue weighted by Crippen LogP contribution is 2.40. The summed E-state index contributed by atoms with van der Waals surface area (Å²) >= 11 is 0. The van der Waals surface area contributed by atoms with Gasteiger partial charge in [-0.25, -0.2) is 9.97 Å². The lowest BCUT2D eigenvalue weighted by Crippen LogP contribution is -2.49. The molecule has 7 nitrogen and oxygen atoms in total. The van der Waals surface area contributed by atoms with Crippen LogP contribution in [0.15, 0.2) is 30.5 Å².